The average molecular weight is 458 g/mol. The van der Waals surface area contributed by atoms with Crippen LogP contribution in [0.25, 0.3) is 5.57 Å². The van der Waals surface area contributed by atoms with Crippen molar-refractivity contribution in [1.29, 1.82) is 0 Å². The summed E-state index contributed by atoms with van der Waals surface area (Å²) in [6.45, 7) is 6.88. The normalized spacial score (nSPS) is 17.8. The van der Waals surface area contributed by atoms with Crippen molar-refractivity contribution in [2.24, 2.45) is 11.3 Å². The number of likely N-dealkylation sites (tertiary alicyclic amines) is 1. The second kappa shape index (κ2) is 10.5. The summed E-state index contributed by atoms with van der Waals surface area (Å²) in [5.41, 5.74) is -1.27. The Hall–Kier alpha value is -2.42. The second-order valence-corrected chi connectivity index (χ2v) is 8.90. The van der Waals surface area contributed by atoms with Crippen molar-refractivity contribution in [3.05, 3.63) is 41.5 Å². The van der Waals surface area contributed by atoms with Gasteiger partial charge in [0.1, 0.15) is 11.6 Å². The summed E-state index contributed by atoms with van der Waals surface area (Å²) in [5, 5.41) is 8.85. The van der Waals surface area contributed by atoms with Gasteiger partial charge < -0.3 is 14.7 Å². The van der Waals surface area contributed by atoms with Crippen LogP contribution in [0.2, 0.25) is 0 Å². The van der Waals surface area contributed by atoms with Gasteiger partial charge in [-0.15, -0.1) is 0 Å². The van der Waals surface area contributed by atoms with E-state index in [9.17, 15) is 22.4 Å². The van der Waals surface area contributed by atoms with Crippen molar-refractivity contribution in [2.75, 3.05) is 26.2 Å². The molecular weight excluding hydrogens is 428 g/mol. The molecule has 1 aromatic heterocycles. The number of halogens is 4. The number of aromatic nitrogens is 1. The Morgan fingerprint density at radius 1 is 1.25 bits per heavy atom. The van der Waals surface area contributed by atoms with Crippen LogP contribution in [0, 0.1) is 11.3 Å². The summed E-state index contributed by atoms with van der Waals surface area (Å²) < 4.78 is 59.2. The average Bonchev–Trinajstić information content (AvgIpc) is 2.72. The molecule has 0 unspecified atom stereocenters. The Morgan fingerprint density at radius 2 is 1.88 bits per heavy atom. The number of carbonyl (C=O) groups is 1. The van der Waals surface area contributed by atoms with Gasteiger partial charge in [0.05, 0.1) is 23.9 Å². The van der Waals surface area contributed by atoms with E-state index in [-0.39, 0.29) is 23.6 Å². The fourth-order valence-electron chi connectivity index (χ4n) is 3.34. The third-order valence-corrected chi connectivity index (χ3v) is 5.74. The predicted octanol–water partition coefficient (Wildman–Crippen LogP) is 5.49. The first kappa shape index (κ1) is 25.8. The highest BCUT2D eigenvalue weighted by Crippen LogP contribution is 2.38. The van der Waals surface area contributed by atoms with Crippen molar-refractivity contribution >= 4 is 11.5 Å². The van der Waals surface area contributed by atoms with Gasteiger partial charge in [-0.25, -0.2) is 9.18 Å². The van der Waals surface area contributed by atoms with E-state index in [4.69, 9.17) is 9.84 Å². The topological polar surface area (TPSA) is 62.7 Å². The molecule has 178 valence electrons. The van der Waals surface area contributed by atoms with E-state index in [2.05, 4.69) is 4.98 Å². The standard InChI is InChI=1S/C23H30F4N2O3/c1-15(21(30)31)11-19(24)16(2)20-6-5-18(12-28-20)32-13-17-7-9-29(10-8-17)14-22(3,4)23(25,26)27/h5-6,11-12,17H,7-10,13-14H2,1-4H3,(H,30,31)/b15-11+,19-16-. The molecule has 2 rings (SSSR count). The molecule has 1 fully saturated rings. The van der Waals surface area contributed by atoms with E-state index >= 15 is 0 Å². The highest BCUT2D eigenvalue weighted by molar-refractivity contribution is 5.87. The van der Waals surface area contributed by atoms with Crippen molar-refractivity contribution in [1.82, 2.24) is 9.88 Å². The minimum absolute atomic E-state index is 0.0138. The van der Waals surface area contributed by atoms with Gasteiger partial charge >= 0.3 is 12.1 Å². The van der Waals surface area contributed by atoms with E-state index in [1.54, 1.807) is 12.1 Å². The van der Waals surface area contributed by atoms with Crippen LogP contribution in [0.15, 0.2) is 35.8 Å². The number of allylic oxidation sites excluding steroid dienone is 3. The zero-order valence-electron chi connectivity index (χ0n) is 18.8. The SMILES string of the molecule is C/C(=C(F)\C=C(/C)C(=O)O)c1ccc(OCC2CCN(CC(C)(C)C(F)(F)F)CC2)cn1. The lowest BCUT2D eigenvalue weighted by atomic mass is 9.89. The maximum Gasteiger partial charge on any atom is 0.395 e. The molecular formula is C23H30F4N2O3. The Morgan fingerprint density at radius 3 is 2.38 bits per heavy atom. The lowest BCUT2D eigenvalue weighted by Crippen LogP contribution is -2.46. The molecule has 0 radical (unpaired) electrons. The van der Waals surface area contributed by atoms with Crippen LogP contribution in [-0.2, 0) is 4.79 Å². The molecule has 0 saturated carbocycles. The van der Waals surface area contributed by atoms with Gasteiger partial charge in [-0.2, -0.15) is 13.2 Å². The Kier molecular flexibility index (Phi) is 8.45. The molecule has 9 heteroatoms. The Balaban J connectivity index is 1.86. The summed E-state index contributed by atoms with van der Waals surface area (Å²) in [6.07, 6.45) is -0.301. The maximum absolute atomic E-state index is 14.2. The van der Waals surface area contributed by atoms with Gasteiger partial charge in [-0.1, -0.05) is 0 Å². The van der Waals surface area contributed by atoms with Gasteiger partial charge in [0.15, 0.2) is 0 Å². The zero-order valence-corrected chi connectivity index (χ0v) is 18.8. The zero-order chi connectivity index (χ0) is 24.1. The molecule has 1 aliphatic heterocycles. The number of hydrogen-bond acceptors (Lipinski definition) is 4. The van der Waals surface area contributed by atoms with E-state index in [0.717, 1.165) is 18.9 Å². The lowest BCUT2D eigenvalue weighted by molar-refractivity contribution is -0.217. The molecule has 1 N–H and O–H groups in total. The molecule has 0 amide bonds. The van der Waals surface area contributed by atoms with Crippen LogP contribution in [0.5, 0.6) is 5.75 Å². The largest absolute Gasteiger partial charge is 0.492 e. The molecule has 0 aliphatic carbocycles. The van der Waals surface area contributed by atoms with Gasteiger partial charge in [0.2, 0.25) is 0 Å². The van der Waals surface area contributed by atoms with Crippen molar-refractivity contribution < 1.29 is 32.2 Å². The first-order chi connectivity index (χ1) is 14.8. The van der Waals surface area contributed by atoms with Crippen LogP contribution in [-0.4, -0.2) is 53.4 Å². The number of carboxylic acid groups (broad SMARTS) is 1. The summed E-state index contributed by atoms with van der Waals surface area (Å²) in [7, 11) is 0. The number of ether oxygens (including phenoxy) is 1. The van der Waals surface area contributed by atoms with Crippen LogP contribution in [0.4, 0.5) is 17.6 Å². The first-order valence-electron chi connectivity index (χ1n) is 10.5. The van der Waals surface area contributed by atoms with E-state index < -0.39 is 23.4 Å². The third-order valence-electron chi connectivity index (χ3n) is 5.74. The summed E-state index contributed by atoms with van der Waals surface area (Å²) >= 11 is 0. The van der Waals surface area contributed by atoms with Gasteiger partial charge in [-0.05, 0) is 77.8 Å². The predicted molar refractivity (Wildman–Crippen MR) is 114 cm³/mol. The van der Waals surface area contributed by atoms with E-state index in [0.29, 0.717) is 31.1 Å². The fraction of sp³-hybridized carbons (Fsp3) is 0.565. The first-order valence-corrected chi connectivity index (χ1v) is 10.5. The molecule has 32 heavy (non-hydrogen) atoms. The molecule has 5 nitrogen and oxygen atoms in total. The molecule has 0 bridgehead atoms. The molecule has 0 spiro atoms. The quantitative estimate of drug-likeness (QED) is 0.317. The number of nitrogens with zero attached hydrogens (tertiary/aromatic N) is 2. The fourth-order valence-corrected chi connectivity index (χ4v) is 3.34. The monoisotopic (exact) mass is 458 g/mol. The number of pyridine rings is 1. The second-order valence-electron chi connectivity index (χ2n) is 8.90. The minimum atomic E-state index is -4.23. The number of piperidine rings is 1. The number of alkyl halides is 3. The van der Waals surface area contributed by atoms with Crippen LogP contribution in [0.1, 0.15) is 46.2 Å². The van der Waals surface area contributed by atoms with Crippen molar-refractivity contribution in [2.45, 2.75) is 46.7 Å². The van der Waals surface area contributed by atoms with Gasteiger partial charge in [0, 0.05) is 17.7 Å². The van der Waals surface area contributed by atoms with Crippen molar-refractivity contribution in [3.63, 3.8) is 0 Å². The minimum Gasteiger partial charge on any atom is -0.492 e. The van der Waals surface area contributed by atoms with Crippen molar-refractivity contribution in [3.8, 4) is 5.75 Å². The number of aliphatic carboxylic acids is 1. The molecule has 1 saturated heterocycles. The summed E-state index contributed by atoms with van der Waals surface area (Å²) in [6, 6.07) is 3.25. The highest BCUT2D eigenvalue weighted by Gasteiger charge is 2.48. The maximum atomic E-state index is 14.2. The third kappa shape index (κ3) is 7.05. The molecule has 0 atom stereocenters. The van der Waals surface area contributed by atoms with Crippen LogP contribution >= 0.6 is 0 Å². The van der Waals surface area contributed by atoms with Gasteiger partial charge in [-0.3, -0.25) is 4.98 Å². The Labute approximate surface area is 185 Å². The number of carboxylic acids is 1. The smallest absolute Gasteiger partial charge is 0.395 e. The number of rotatable bonds is 8. The van der Waals surface area contributed by atoms with E-state index in [1.807, 2.05) is 4.90 Å². The summed E-state index contributed by atoms with van der Waals surface area (Å²) in [5.74, 6) is -1.12. The molecule has 2 heterocycles. The summed E-state index contributed by atoms with van der Waals surface area (Å²) in [4.78, 5) is 16.9. The molecule has 0 aromatic carbocycles. The van der Waals surface area contributed by atoms with Gasteiger partial charge in [0.25, 0.3) is 0 Å². The lowest BCUT2D eigenvalue weighted by Gasteiger charge is -2.38. The van der Waals surface area contributed by atoms with Crippen LogP contribution < -0.4 is 4.74 Å². The van der Waals surface area contributed by atoms with E-state index in [1.165, 1.54) is 33.9 Å². The highest BCUT2D eigenvalue weighted by atomic mass is 19.4. The molecule has 1 aliphatic rings. The van der Waals surface area contributed by atoms with Crippen LogP contribution in [0.3, 0.4) is 0 Å². The Bertz CT molecular complexity index is 853. The number of hydrogen-bond donors (Lipinski definition) is 1. The molecule has 1 aromatic rings.